The van der Waals surface area contributed by atoms with Crippen LogP contribution in [0.4, 0.5) is 0 Å². The summed E-state index contributed by atoms with van der Waals surface area (Å²) in [4.78, 5) is 29.5. The van der Waals surface area contributed by atoms with E-state index in [1.165, 1.54) is 81.9 Å². The van der Waals surface area contributed by atoms with Gasteiger partial charge >= 0.3 is 11.9 Å². The monoisotopic (exact) mass is 553 g/mol. The number of carbonyl (C=O) groups is 2. The summed E-state index contributed by atoms with van der Waals surface area (Å²) in [5, 5.41) is 8.10. The van der Waals surface area contributed by atoms with Crippen molar-refractivity contribution in [3.8, 4) is 0 Å². The molecule has 0 aromatic heterocycles. The molecule has 0 radical (unpaired) electrons. The Labute approximate surface area is 238 Å². The van der Waals surface area contributed by atoms with Gasteiger partial charge in [0.15, 0.2) is 5.96 Å². The fourth-order valence-corrected chi connectivity index (χ4v) is 4.36. The zero-order chi connectivity index (χ0) is 29.0. The van der Waals surface area contributed by atoms with Crippen LogP contribution in [0.25, 0.3) is 0 Å². The Morgan fingerprint density at radius 1 is 0.615 bits per heavy atom. The predicted octanol–water partition coefficient (Wildman–Crippen LogP) is 6.42. The second-order valence-electron chi connectivity index (χ2n) is 10.4. The van der Waals surface area contributed by atoms with Crippen molar-refractivity contribution in [1.29, 1.82) is 5.41 Å². The van der Waals surface area contributed by atoms with Crippen LogP contribution >= 0.6 is 0 Å². The van der Waals surface area contributed by atoms with Crippen LogP contribution in [-0.4, -0.2) is 55.1 Å². The first kappa shape index (κ1) is 36.7. The Morgan fingerprint density at radius 3 is 1.28 bits per heavy atom. The summed E-state index contributed by atoms with van der Waals surface area (Å²) in [7, 11) is 0. The van der Waals surface area contributed by atoms with E-state index in [1.54, 1.807) is 0 Å². The van der Waals surface area contributed by atoms with Gasteiger partial charge in [0.25, 0.3) is 0 Å². The molecule has 0 aliphatic carbocycles. The summed E-state index contributed by atoms with van der Waals surface area (Å²) < 4.78 is 10.7. The van der Waals surface area contributed by atoms with E-state index in [0.29, 0.717) is 12.8 Å². The van der Waals surface area contributed by atoms with Gasteiger partial charge in [0.1, 0.15) is 13.2 Å². The molecular formula is C30H59N5O4. The summed E-state index contributed by atoms with van der Waals surface area (Å²) in [5.74, 6) is -0.855. The number of esters is 2. The molecule has 9 heteroatoms. The molecular weight excluding hydrogens is 494 g/mol. The molecule has 0 bridgehead atoms. The van der Waals surface area contributed by atoms with Crippen LogP contribution in [0, 0.1) is 5.41 Å². The molecule has 0 amide bonds. The summed E-state index contributed by atoms with van der Waals surface area (Å²) >= 11 is 0. The number of ether oxygens (including phenoxy) is 2. The van der Waals surface area contributed by atoms with Crippen LogP contribution in [0.15, 0.2) is 4.99 Å². The first-order valence-corrected chi connectivity index (χ1v) is 15.6. The normalized spacial score (nSPS) is 10.7. The van der Waals surface area contributed by atoms with Crippen LogP contribution in [0.2, 0.25) is 0 Å². The molecule has 0 rings (SSSR count). The minimum Gasteiger partial charge on any atom is -0.464 e. The topological polar surface area (TPSA) is 144 Å². The molecule has 0 aliphatic heterocycles. The third kappa shape index (κ3) is 25.7. The molecule has 9 nitrogen and oxygen atoms in total. The minimum atomic E-state index is -0.237. The smallest absolute Gasteiger partial charge is 0.305 e. The van der Waals surface area contributed by atoms with E-state index in [-0.39, 0.29) is 50.2 Å². The fourth-order valence-electron chi connectivity index (χ4n) is 4.36. The van der Waals surface area contributed by atoms with Gasteiger partial charge in [-0.25, -0.2) is 0 Å². The van der Waals surface area contributed by atoms with Crippen molar-refractivity contribution >= 4 is 23.9 Å². The van der Waals surface area contributed by atoms with Gasteiger partial charge in [-0.3, -0.25) is 15.0 Å². The largest absolute Gasteiger partial charge is 0.464 e. The summed E-state index contributed by atoms with van der Waals surface area (Å²) in [6.45, 7) is 5.17. The molecule has 0 unspecified atom stereocenters. The van der Waals surface area contributed by atoms with E-state index in [4.69, 9.17) is 26.4 Å². The maximum absolute atomic E-state index is 12.1. The average molecular weight is 554 g/mol. The predicted molar refractivity (Wildman–Crippen MR) is 161 cm³/mol. The van der Waals surface area contributed by atoms with E-state index < -0.39 is 0 Å². The molecule has 0 aliphatic rings. The molecule has 0 spiro atoms. The number of hydrogen-bond donors (Lipinski definition) is 3. The molecule has 0 fully saturated rings. The highest BCUT2D eigenvalue weighted by molar-refractivity contribution is 5.91. The zero-order valence-corrected chi connectivity index (χ0v) is 25.2. The lowest BCUT2D eigenvalue weighted by molar-refractivity contribution is -0.144. The third-order valence-electron chi connectivity index (χ3n) is 6.75. The number of rotatable bonds is 26. The Hall–Kier alpha value is -2.32. The molecule has 0 saturated carbocycles. The van der Waals surface area contributed by atoms with Crippen molar-refractivity contribution in [3.63, 3.8) is 0 Å². The number of unbranched alkanes of at least 4 members (excludes halogenated alkanes) is 16. The fraction of sp³-hybridized carbons (Fsp3) is 0.867. The Balaban J connectivity index is 4.06. The number of aliphatic imine (C=N–C) groups is 1. The number of nitrogens with one attached hydrogen (secondary N) is 1. The molecule has 0 heterocycles. The van der Waals surface area contributed by atoms with Crippen LogP contribution in [0.1, 0.15) is 142 Å². The lowest BCUT2D eigenvalue weighted by Gasteiger charge is -2.22. The number of nitrogens with zero attached hydrogens (tertiary/aromatic N) is 2. The molecule has 0 aromatic rings. The first-order valence-electron chi connectivity index (χ1n) is 15.6. The van der Waals surface area contributed by atoms with Crippen molar-refractivity contribution in [2.45, 2.75) is 142 Å². The van der Waals surface area contributed by atoms with Crippen LogP contribution in [0.3, 0.4) is 0 Å². The lowest BCUT2D eigenvalue weighted by atomic mass is 10.1. The van der Waals surface area contributed by atoms with E-state index in [2.05, 4.69) is 18.8 Å². The van der Waals surface area contributed by atoms with Crippen LogP contribution in [-0.2, 0) is 19.1 Å². The third-order valence-corrected chi connectivity index (χ3v) is 6.75. The molecule has 39 heavy (non-hydrogen) atoms. The van der Waals surface area contributed by atoms with Gasteiger partial charge < -0.3 is 25.8 Å². The summed E-state index contributed by atoms with van der Waals surface area (Å²) in [6.07, 6.45) is 22.3. The number of guanidine groups is 2. The van der Waals surface area contributed by atoms with Crippen molar-refractivity contribution in [3.05, 3.63) is 0 Å². The number of hydrogen-bond acceptors (Lipinski definition) is 5. The highest BCUT2D eigenvalue weighted by Gasteiger charge is 2.13. The summed E-state index contributed by atoms with van der Waals surface area (Å²) in [6, 6.07) is 0. The maximum Gasteiger partial charge on any atom is 0.305 e. The SMILES string of the molecule is CCCCCCCCCCCC(=O)OCCN(CCOC(=O)CCCCCCCCCCC)C(=N)N=C(N)N. The Morgan fingerprint density at radius 2 is 0.949 bits per heavy atom. The van der Waals surface area contributed by atoms with Crippen molar-refractivity contribution in [1.82, 2.24) is 4.90 Å². The van der Waals surface area contributed by atoms with Gasteiger partial charge in [0.2, 0.25) is 5.96 Å². The van der Waals surface area contributed by atoms with Gasteiger partial charge in [-0.15, -0.1) is 0 Å². The Bertz CT molecular complexity index is 613. The van der Waals surface area contributed by atoms with Gasteiger partial charge in [-0.1, -0.05) is 117 Å². The molecule has 0 saturated heterocycles. The molecule has 5 N–H and O–H groups in total. The van der Waals surface area contributed by atoms with E-state index >= 15 is 0 Å². The highest BCUT2D eigenvalue weighted by Crippen LogP contribution is 2.12. The number of carbonyl (C=O) groups excluding carboxylic acids is 2. The molecule has 228 valence electrons. The van der Waals surface area contributed by atoms with Crippen LogP contribution < -0.4 is 11.5 Å². The van der Waals surface area contributed by atoms with Crippen molar-refractivity contribution < 1.29 is 19.1 Å². The second-order valence-corrected chi connectivity index (χ2v) is 10.4. The van der Waals surface area contributed by atoms with E-state index in [9.17, 15) is 9.59 Å². The summed E-state index contributed by atoms with van der Waals surface area (Å²) in [5.41, 5.74) is 10.8. The van der Waals surface area contributed by atoms with Crippen molar-refractivity contribution in [2.24, 2.45) is 16.5 Å². The quantitative estimate of drug-likeness (QED) is 0.0485. The maximum atomic E-state index is 12.1. The standard InChI is InChI=1S/C30H59N5O4/c1-3-5-7-9-11-13-15-17-19-21-27(36)38-25-23-35(30(33)34-29(31)32)24-26-39-28(37)22-20-18-16-14-12-10-8-6-4-2/h3-26H2,1-2H3,(H5,31,32,33,34). The first-order chi connectivity index (χ1) is 18.9. The minimum absolute atomic E-state index is 0.116. The Kier molecular flexibility index (Phi) is 25.6. The van der Waals surface area contributed by atoms with Gasteiger partial charge in [0.05, 0.1) is 13.1 Å². The average Bonchev–Trinajstić information content (AvgIpc) is 2.90. The number of nitrogens with two attached hydrogens (primary N) is 2. The molecule has 0 atom stereocenters. The van der Waals surface area contributed by atoms with Gasteiger partial charge in [-0.05, 0) is 12.8 Å². The van der Waals surface area contributed by atoms with E-state index in [0.717, 1.165) is 38.5 Å². The lowest BCUT2D eigenvalue weighted by Crippen LogP contribution is -2.38. The van der Waals surface area contributed by atoms with Crippen LogP contribution in [0.5, 0.6) is 0 Å². The second kappa shape index (κ2) is 27.3. The zero-order valence-electron chi connectivity index (χ0n) is 25.2. The highest BCUT2D eigenvalue weighted by atomic mass is 16.5. The van der Waals surface area contributed by atoms with Gasteiger partial charge in [0, 0.05) is 12.8 Å². The molecule has 0 aromatic carbocycles. The van der Waals surface area contributed by atoms with E-state index in [1.807, 2.05) is 0 Å². The van der Waals surface area contributed by atoms with Crippen molar-refractivity contribution in [2.75, 3.05) is 26.3 Å². The van der Waals surface area contributed by atoms with Gasteiger partial charge in [-0.2, -0.15) is 4.99 Å².